The number of aliphatic hydroxyl groups is 2. The highest BCUT2D eigenvalue weighted by molar-refractivity contribution is 6.05. The maximum Gasteiger partial charge on any atom is 0.261 e. The molecule has 2 aromatic carbocycles. The fraction of sp³-hybridized carbons (Fsp3) is 0.292. The van der Waals surface area contributed by atoms with Crippen molar-refractivity contribution in [3.63, 3.8) is 0 Å². The zero-order valence-corrected chi connectivity index (χ0v) is 17.3. The minimum atomic E-state index is -1.57. The molecule has 1 aromatic heterocycles. The van der Waals surface area contributed by atoms with Gasteiger partial charge >= 0.3 is 0 Å². The first-order valence-electron chi connectivity index (χ1n) is 10.4. The van der Waals surface area contributed by atoms with Crippen molar-refractivity contribution < 1.29 is 15.0 Å². The molecule has 0 radical (unpaired) electrons. The van der Waals surface area contributed by atoms with E-state index in [1.807, 2.05) is 67.7 Å². The maximum absolute atomic E-state index is 12.4. The molecule has 0 spiro atoms. The summed E-state index contributed by atoms with van der Waals surface area (Å²) in [5, 5.41) is 32.0. The van der Waals surface area contributed by atoms with Gasteiger partial charge in [-0.15, -0.1) is 5.10 Å². The number of nitrogens with one attached hydrogen (secondary N) is 1. The van der Waals surface area contributed by atoms with E-state index in [2.05, 4.69) is 15.6 Å². The average Bonchev–Trinajstić information content (AvgIpc) is 3.36. The summed E-state index contributed by atoms with van der Waals surface area (Å²) in [6.07, 6.45) is 6.32. The summed E-state index contributed by atoms with van der Waals surface area (Å²) >= 11 is 0. The number of benzene rings is 2. The number of hydrogen-bond acceptors (Lipinski definition) is 5. The van der Waals surface area contributed by atoms with Crippen LogP contribution >= 0.6 is 0 Å². The van der Waals surface area contributed by atoms with Crippen LogP contribution in [-0.2, 0) is 16.9 Å². The lowest BCUT2D eigenvalue weighted by Gasteiger charge is -2.25. The van der Waals surface area contributed by atoms with Gasteiger partial charge < -0.3 is 15.5 Å². The third-order valence-electron chi connectivity index (χ3n) is 5.84. The van der Waals surface area contributed by atoms with Gasteiger partial charge in [-0.25, -0.2) is 0 Å². The molecule has 1 aliphatic heterocycles. The van der Waals surface area contributed by atoms with Gasteiger partial charge in [0, 0.05) is 29.9 Å². The van der Waals surface area contributed by atoms with E-state index in [0.29, 0.717) is 24.2 Å². The molecule has 7 heteroatoms. The Balaban J connectivity index is 1.38. The molecule has 7 nitrogen and oxygen atoms in total. The number of anilines is 1. The fourth-order valence-corrected chi connectivity index (χ4v) is 4.00. The van der Waals surface area contributed by atoms with Crippen LogP contribution in [0.2, 0.25) is 0 Å². The van der Waals surface area contributed by atoms with Crippen LogP contribution in [0.3, 0.4) is 0 Å². The van der Waals surface area contributed by atoms with Gasteiger partial charge in [-0.3, -0.25) is 9.48 Å². The topological polar surface area (TPSA) is 100 Å². The molecule has 0 saturated carbocycles. The molecule has 0 bridgehead atoms. The molecule has 1 unspecified atom stereocenters. The smallest absolute Gasteiger partial charge is 0.261 e. The lowest BCUT2D eigenvalue weighted by molar-refractivity contribution is -0.137. The number of carbonyl (C=O) groups excluding carboxylic acids is 1. The second-order valence-electron chi connectivity index (χ2n) is 7.82. The molecule has 3 atom stereocenters. The maximum atomic E-state index is 12.4. The number of aryl methyl sites for hydroxylation is 1. The lowest BCUT2D eigenvalue weighted by atomic mass is 9.83. The summed E-state index contributed by atoms with van der Waals surface area (Å²) in [6, 6.07) is 17.0. The quantitative estimate of drug-likeness (QED) is 0.489. The third-order valence-corrected chi connectivity index (χ3v) is 5.84. The first-order valence-corrected chi connectivity index (χ1v) is 10.4. The van der Waals surface area contributed by atoms with E-state index in [-0.39, 0.29) is 18.4 Å². The molecular weight excluding hydrogens is 392 g/mol. The Labute approximate surface area is 181 Å². The highest BCUT2D eigenvalue weighted by Crippen LogP contribution is 2.41. The molecule has 3 aromatic rings. The SMILES string of the molecule is C[C@@H](/C=C/CCn1cc(C(CO)c2ccccc2)nn1)[C@]1(O)C(=O)Nc2ccccc21. The van der Waals surface area contributed by atoms with E-state index >= 15 is 0 Å². The molecular formula is C24H26N4O3. The van der Waals surface area contributed by atoms with E-state index in [1.165, 1.54) is 0 Å². The summed E-state index contributed by atoms with van der Waals surface area (Å²) in [4.78, 5) is 12.4. The zero-order chi connectivity index (χ0) is 21.8. The number of carbonyl (C=O) groups is 1. The van der Waals surface area contributed by atoms with E-state index in [9.17, 15) is 15.0 Å². The van der Waals surface area contributed by atoms with E-state index in [1.54, 1.807) is 16.8 Å². The molecule has 1 amide bonds. The fourth-order valence-electron chi connectivity index (χ4n) is 4.00. The highest BCUT2D eigenvalue weighted by Gasteiger charge is 2.48. The van der Waals surface area contributed by atoms with Crippen molar-refractivity contribution >= 4 is 11.6 Å². The molecule has 4 rings (SSSR count). The van der Waals surface area contributed by atoms with Crippen molar-refractivity contribution in [1.82, 2.24) is 15.0 Å². The van der Waals surface area contributed by atoms with Gasteiger partial charge in [0.1, 0.15) is 0 Å². The number of nitrogens with zero attached hydrogens (tertiary/aromatic N) is 3. The van der Waals surface area contributed by atoms with Gasteiger partial charge in [-0.1, -0.05) is 72.8 Å². The van der Waals surface area contributed by atoms with Crippen LogP contribution < -0.4 is 5.32 Å². The first-order chi connectivity index (χ1) is 15.0. The summed E-state index contributed by atoms with van der Waals surface area (Å²) in [6.45, 7) is 2.39. The van der Waals surface area contributed by atoms with Gasteiger partial charge in [0.15, 0.2) is 5.60 Å². The predicted octanol–water partition coefficient (Wildman–Crippen LogP) is 2.82. The Hall–Kier alpha value is -3.29. The number of hydrogen-bond donors (Lipinski definition) is 3. The summed E-state index contributed by atoms with van der Waals surface area (Å²) < 4.78 is 1.74. The third kappa shape index (κ3) is 4.02. The van der Waals surface area contributed by atoms with Gasteiger partial charge in [0.05, 0.1) is 18.2 Å². The minimum Gasteiger partial charge on any atom is -0.395 e. The Morgan fingerprint density at radius 3 is 2.68 bits per heavy atom. The van der Waals surface area contributed by atoms with Crippen molar-refractivity contribution in [2.75, 3.05) is 11.9 Å². The van der Waals surface area contributed by atoms with Crippen LogP contribution in [-0.4, -0.2) is 37.7 Å². The number of amides is 1. The van der Waals surface area contributed by atoms with Crippen LogP contribution in [0.4, 0.5) is 5.69 Å². The zero-order valence-electron chi connectivity index (χ0n) is 17.3. The summed E-state index contributed by atoms with van der Waals surface area (Å²) in [5.74, 6) is -0.997. The molecule has 0 fully saturated rings. The van der Waals surface area contributed by atoms with Gasteiger partial charge in [-0.2, -0.15) is 0 Å². The van der Waals surface area contributed by atoms with Gasteiger partial charge in [0.25, 0.3) is 5.91 Å². The number of rotatable bonds is 8. The van der Waals surface area contributed by atoms with Crippen molar-refractivity contribution in [2.45, 2.75) is 31.4 Å². The second-order valence-corrected chi connectivity index (χ2v) is 7.82. The van der Waals surface area contributed by atoms with E-state index in [4.69, 9.17) is 0 Å². The van der Waals surface area contributed by atoms with Crippen LogP contribution in [0.25, 0.3) is 0 Å². The number of allylic oxidation sites excluding steroid dienone is 1. The number of fused-ring (bicyclic) bond motifs is 1. The van der Waals surface area contributed by atoms with Gasteiger partial charge in [0.2, 0.25) is 0 Å². The van der Waals surface area contributed by atoms with Crippen LogP contribution in [0.15, 0.2) is 72.9 Å². The van der Waals surface area contributed by atoms with E-state index in [0.717, 1.165) is 11.3 Å². The monoisotopic (exact) mass is 418 g/mol. The molecule has 2 heterocycles. The Kier molecular flexibility index (Phi) is 5.97. The standard InChI is InChI=1S/C24H26N4O3/c1-17(24(31)20-12-5-6-13-21(20)25-23(24)30)9-7-8-14-28-15-22(26-27-28)19(16-29)18-10-3-2-4-11-18/h2-7,9-13,15,17,19,29,31H,8,14,16H2,1H3,(H,25,30)/b9-7+/t17-,19?,24+/m0/s1. The van der Waals surface area contributed by atoms with Crippen molar-refractivity contribution in [3.05, 3.63) is 89.8 Å². The van der Waals surface area contributed by atoms with E-state index < -0.39 is 11.5 Å². The number of para-hydroxylation sites is 1. The first kappa shape index (κ1) is 21.0. The van der Waals surface area contributed by atoms with Crippen molar-refractivity contribution in [2.24, 2.45) is 5.92 Å². The Morgan fingerprint density at radius 1 is 1.16 bits per heavy atom. The molecule has 0 aliphatic carbocycles. The molecule has 160 valence electrons. The highest BCUT2D eigenvalue weighted by atomic mass is 16.3. The summed E-state index contributed by atoms with van der Waals surface area (Å²) in [5.41, 5.74) is 1.40. The Bertz CT molecular complexity index is 1080. The average molecular weight is 418 g/mol. The molecule has 31 heavy (non-hydrogen) atoms. The molecule has 1 aliphatic rings. The predicted molar refractivity (Wildman–Crippen MR) is 117 cm³/mol. The molecule has 3 N–H and O–H groups in total. The normalized spacial score (nSPS) is 19.9. The molecule has 0 saturated heterocycles. The number of aromatic nitrogens is 3. The van der Waals surface area contributed by atoms with Crippen molar-refractivity contribution in [1.29, 1.82) is 0 Å². The minimum absolute atomic E-state index is 0.0394. The van der Waals surface area contributed by atoms with Crippen LogP contribution in [0.5, 0.6) is 0 Å². The largest absolute Gasteiger partial charge is 0.395 e. The second kappa shape index (κ2) is 8.83. The number of aliphatic hydroxyl groups excluding tert-OH is 1. The Morgan fingerprint density at radius 2 is 1.90 bits per heavy atom. The van der Waals surface area contributed by atoms with Gasteiger partial charge in [-0.05, 0) is 18.1 Å². The van der Waals surface area contributed by atoms with Crippen LogP contribution in [0, 0.1) is 5.92 Å². The lowest BCUT2D eigenvalue weighted by Crippen LogP contribution is -2.39. The van der Waals surface area contributed by atoms with Crippen LogP contribution in [0.1, 0.15) is 36.1 Å². The summed E-state index contributed by atoms with van der Waals surface area (Å²) in [7, 11) is 0. The van der Waals surface area contributed by atoms with Crippen molar-refractivity contribution in [3.8, 4) is 0 Å².